The number of hydrazone groups is 1. The molecule has 566 valence electrons. The molecule has 0 aliphatic carbocycles. The first-order chi connectivity index (χ1) is 59.6. The van der Waals surface area contributed by atoms with Gasteiger partial charge < -0.3 is 13.7 Å². The maximum atomic E-state index is 5.40. The Labute approximate surface area is 696 Å². The molecule has 2 unspecified atom stereocenters. The number of fused-ring (bicyclic) bond motifs is 9. The lowest BCUT2D eigenvalue weighted by Gasteiger charge is -2.13. The third kappa shape index (κ3) is 13.2. The molecule has 3 aromatic heterocycles. The fraction of sp³-hybridized carbons (Fsp3) is 0.0270. The van der Waals surface area contributed by atoms with Crippen molar-refractivity contribution < 1.29 is 13.8 Å². The molecule has 9 heteroatoms. The maximum absolute atomic E-state index is 5.40. The van der Waals surface area contributed by atoms with Gasteiger partial charge in [0.05, 0.1) is 44.2 Å². The summed E-state index contributed by atoms with van der Waals surface area (Å²) in [6, 6.07) is 163. The SMILES string of the molecule is c1ccc(C2=NC(c3ccccc3)C(c3ccccc3)=[N+]2c2ccc(-n3c4ccccc4c4ccccc43)cc2)cc1.c1ccc(C2=NCC(c3ccccc3)=[N+]2c2ccc(-n3c4ccccc4c4ccccc43)cc2)cc1.c1ccc(C2=N[N+](c3ccc(-n4c5ccccc5c5ccccc54)cc3)=C(c3ccccc3)C2c2ccccc2)cc1. The van der Waals surface area contributed by atoms with Crippen LogP contribution < -0.4 is 0 Å². The van der Waals surface area contributed by atoms with E-state index >= 15 is 0 Å². The topological polar surface area (TPSA) is 60.9 Å². The van der Waals surface area contributed by atoms with Gasteiger partial charge >= 0.3 is 11.7 Å². The van der Waals surface area contributed by atoms with E-state index < -0.39 is 0 Å². The highest BCUT2D eigenvalue weighted by molar-refractivity contribution is 6.24. The molecule has 0 bridgehead atoms. The zero-order valence-electron chi connectivity index (χ0n) is 65.8. The zero-order valence-corrected chi connectivity index (χ0v) is 65.8. The quantitative estimate of drug-likeness (QED) is 0.0974. The van der Waals surface area contributed by atoms with E-state index in [1.807, 2.05) is 6.07 Å². The smallest absolute Gasteiger partial charge is 0.309 e. The first-order valence-corrected chi connectivity index (χ1v) is 41.0. The van der Waals surface area contributed by atoms with E-state index in [4.69, 9.17) is 15.1 Å². The van der Waals surface area contributed by atoms with Crippen LogP contribution in [0.15, 0.2) is 476 Å². The predicted octanol–water partition coefficient (Wildman–Crippen LogP) is 25.6. The number of aliphatic imine (C=N–C) groups is 2. The van der Waals surface area contributed by atoms with E-state index in [1.165, 1.54) is 87.8 Å². The van der Waals surface area contributed by atoms with E-state index in [0.717, 1.165) is 90.7 Å². The van der Waals surface area contributed by atoms with Crippen LogP contribution in [0.2, 0.25) is 0 Å². The summed E-state index contributed by atoms with van der Waals surface area (Å²) in [5.41, 5.74) is 27.7. The molecule has 0 saturated carbocycles. The van der Waals surface area contributed by atoms with E-state index in [0.29, 0.717) is 6.54 Å². The lowest BCUT2D eigenvalue weighted by molar-refractivity contribution is -0.441. The summed E-state index contributed by atoms with van der Waals surface area (Å²) in [5.74, 6) is 1.93. The van der Waals surface area contributed by atoms with E-state index in [1.54, 1.807) is 0 Å². The molecule has 20 aromatic rings. The Balaban J connectivity index is 0.000000112. The number of hydrogen-bond acceptors (Lipinski definition) is 3. The normalized spacial score (nSPS) is 14.5. The van der Waals surface area contributed by atoms with Crippen molar-refractivity contribution in [2.24, 2.45) is 15.1 Å². The molecule has 23 rings (SSSR count). The lowest BCUT2D eigenvalue weighted by Crippen LogP contribution is -2.22. The number of para-hydroxylation sites is 6. The summed E-state index contributed by atoms with van der Waals surface area (Å²) in [6.45, 7) is 0.656. The van der Waals surface area contributed by atoms with Crippen molar-refractivity contribution in [2.45, 2.75) is 12.0 Å². The highest BCUT2D eigenvalue weighted by Gasteiger charge is 2.44. The fourth-order valence-corrected chi connectivity index (χ4v) is 17.9. The molecule has 0 amide bonds. The maximum Gasteiger partial charge on any atom is 0.331 e. The molecule has 0 fully saturated rings. The average molecular weight is 1540 g/mol. The van der Waals surface area contributed by atoms with Crippen LogP contribution in [0.5, 0.6) is 0 Å². The van der Waals surface area contributed by atoms with Crippen LogP contribution in [0.4, 0.5) is 17.1 Å². The van der Waals surface area contributed by atoms with E-state index in [-0.39, 0.29) is 12.0 Å². The van der Waals surface area contributed by atoms with Crippen molar-refractivity contribution in [1.29, 1.82) is 0 Å². The second-order valence-corrected chi connectivity index (χ2v) is 30.3. The molecule has 0 spiro atoms. The first kappa shape index (κ1) is 71.9. The monoisotopic (exact) mass is 1540 g/mol. The van der Waals surface area contributed by atoms with Crippen LogP contribution in [0.25, 0.3) is 82.5 Å². The Morgan fingerprint density at radius 2 is 0.525 bits per heavy atom. The molecule has 0 radical (unpaired) electrons. The number of rotatable bonds is 14. The summed E-state index contributed by atoms with van der Waals surface area (Å²) in [7, 11) is 0. The fourth-order valence-electron chi connectivity index (χ4n) is 17.9. The number of amidine groups is 2. The Bertz CT molecular complexity index is 7240. The van der Waals surface area contributed by atoms with Crippen LogP contribution in [0, 0.1) is 0 Å². The summed E-state index contributed by atoms with van der Waals surface area (Å²) >= 11 is 0. The Kier molecular flexibility index (Phi) is 19.0. The zero-order chi connectivity index (χ0) is 79.7. The summed E-state index contributed by atoms with van der Waals surface area (Å²) in [5, 5.41) is 12.9. The molecule has 3 aliphatic heterocycles. The summed E-state index contributed by atoms with van der Waals surface area (Å²) in [4.78, 5) is 10.4. The summed E-state index contributed by atoms with van der Waals surface area (Å²) < 4.78 is 13.9. The van der Waals surface area contributed by atoms with Crippen molar-refractivity contribution in [3.63, 3.8) is 0 Å². The molecule has 17 aromatic carbocycles. The Morgan fingerprint density at radius 1 is 0.233 bits per heavy atom. The van der Waals surface area contributed by atoms with E-state index in [9.17, 15) is 0 Å². The van der Waals surface area contributed by atoms with Crippen molar-refractivity contribution in [3.05, 3.63) is 506 Å². The van der Waals surface area contributed by atoms with Gasteiger partial charge in [-0.2, -0.15) is 9.15 Å². The lowest BCUT2D eigenvalue weighted by atomic mass is 9.84. The number of aromatic nitrogens is 3. The van der Waals surface area contributed by atoms with Crippen molar-refractivity contribution >= 4 is 117 Å². The molecule has 9 nitrogen and oxygen atoms in total. The van der Waals surface area contributed by atoms with Crippen LogP contribution >= 0.6 is 0 Å². The van der Waals surface area contributed by atoms with Gasteiger partial charge in [-0.3, -0.25) is 0 Å². The molecule has 6 heterocycles. The van der Waals surface area contributed by atoms with Gasteiger partial charge in [-0.25, -0.2) is 0 Å². The Hall–Kier alpha value is -15.8. The molecule has 0 N–H and O–H groups in total. The highest BCUT2D eigenvalue weighted by atomic mass is 15.4. The van der Waals surface area contributed by atoms with Crippen LogP contribution in [-0.4, -0.2) is 68.6 Å². The van der Waals surface area contributed by atoms with Gasteiger partial charge in [0.1, 0.15) is 23.0 Å². The second kappa shape index (κ2) is 31.7. The second-order valence-electron chi connectivity index (χ2n) is 30.3. The average Bonchev–Trinajstić information content (AvgIpc) is 1.61. The van der Waals surface area contributed by atoms with Gasteiger partial charge in [0.25, 0.3) is 0 Å². The van der Waals surface area contributed by atoms with Crippen molar-refractivity contribution in [2.75, 3.05) is 6.54 Å². The highest BCUT2D eigenvalue weighted by Crippen LogP contribution is 2.41. The third-order valence-corrected chi connectivity index (χ3v) is 23.3. The molecular weight excluding hydrogens is 1460 g/mol. The third-order valence-electron chi connectivity index (χ3n) is 23.3. The van der Waals surface area contributed by atoms with Gasteiger partial charge in [-0.15, -0.1) is 0 Å². The molecule has 2 atom stereocenters. The standard InChI is InChI=1S/2C39H28N3.C33H24N3/c1-4-14-28(15-5-1)37-38(29-16-6-2-7-17-29)42(39(40-37)30-18-8-3-9-19-30)32-26-24-31(25-27-32)41-35-22-12-10-20-33(35)34-21-11-13-23-36(34)41;1-4-14-28(15-5-1)37-38(29-16-6-2-7-17-29)40-42(39(37)30-18-8-3-9-19-30)32-26-24-31(25-27-32)41-35-22-12-10-20-33(35)34-21-11-13-23-36(34)41;1-3-11-24(12-4-1)32-23-34-33(25-13-5-2-6-14-25)36(32)27-21-19-26(20-22-27)35-30-17-9-7-15-28(30)29-16-8-10-18-31(29)35/h2*1-27,37H;1-22H,23H2/q3*+1. The van der Waals surface area contributed by atoms with Crippen molar-refractivity contribution in [3.8, 4) is 17.1 Å². The largest absolute Gasteiger partial charge is 0.331 e. The minimum absolute atomic E-state index is 0.00647. The van der Waals surface area contributed by atoms with Gasteiger partial charge in [0, 0.05) is 94.4 Å². The molecule has 120 heavy (non-hydrogen) atoms. The number of nitrogens with zero attached hydrogens (tertiary/aromatic N) is 9. The summed E-state index contributed by atoms with van der Waals surface area (Å²) in [6.07, 6.45) is 0. The number of hydrogen-bond donors (Lipinski definition) is 0. The molecule has 3 aliphatic rings. The minimum Gasteiger partial charge on any atom is -0.309 e. The van der Waals surface area contributed by atoms with Gasteiger partial charge in [0.15, 0.2) is 18.0 Å². The van der Waals surface area contributed by atoms with Crippen LogP contribution in [0.1, 0.15) is 56.5 Å². The van der Waals surface area contributed by atoms with Gasteiger partial charge in [0.2, 0.25) is 17.4 Å². The first-order valence-electron chi connectivity index (χ1n) is 41.0. The molecule has 0 saturated heterocycles. The van der Waals surface area contributed by atoms with E-state index in [2.05, 4.69) is 483 Å². The van der Waals surface area contributed by atoms with Gasteiger partial charge in [-0.05, 0) is 144 Å². The minimum atomic E-state index is -0.124. The molecular formula is C111H80N9+3. The van der Waals surface area contributed by atoms with Crippen LogP contribution in [0.3, 0.4) is 0 Å². The Morgan fingerprint density at radius 3 is 0.908 bits per heavy atom. The van der Waals surface area contributed by atoms with Gasteiger partial charge in [-0.1, -0.05) is 325 Å². The van der Waals surface area contributed by atoms with Crippen LogP contribution in [-0.2, 0) is 0 Å². The number of benzene rings is 17. The van der Waals surface area contributed by atoms with Crippen molar-refractivity contribution in [1.82, 2.24) is 13.7 Å². The predicted molar refractivity (Wildman–Crippen MR) is 496 cm³/mol.